The van der Waals surface area contributed by atoms with Crippen molar-refractivity contribution >= 4 is 30.0 Å². The summed E-state index contributed by atoms with van der Waals surface area (Å²) in [6.45, 7) is 1.51. The van der Waals surface area contributed by atoms with E-state index in [-0.39, 0.29) is 35.5 Å². The van der Waals surface area contributed by atoms with Gasteiger partial charge in [0.05, 0.1) is 24.3 Å². The van der Waals surface area contributed by atoms with Gasteiger partial charge in [-0.1, -0.05) is 0 Å². The zero-order valence-corrected chi connectivity index (χ0v) is 12.5. The van der Waals surface area contributed by atoms with E-state index >= 15 is 0 Å². The number of rotatable bonds is 3. The van der Waals surface area contributed by atoms with Gasteiger partial charge in [-0.05, 0) is 37.6 Å². The zero-order chi connectivity index (χ0) is 14.5. The lowest BCUT2D eigenvalue weighted by molar-refractivity contribution is -0.120. The van der Waals surface area contributed by atoms with Crippen molar-refractivity contribution in [2.75, 3.05) is 25.5 Å². The summed E-state index contributed by atoms with van der Waals surface area (Å²) in [7, 11) is 1.23. The third kappa shape index (κ3) is 4.41. The fourth-order valence-electron chi connectivity index (χ4n) is 2.17. The van der Waals surface area contributed by atoms with E-state index in [1.165, 1.54) is 19.2 Å². The number of ether oxygens (including phenoxy) is 1. The van der Waals surface area contributed by atoms with Crippen LogP contribution in [0.1, 0.15) is 23.2 Å². The van der Waals surface area contributed by atoms with Crippen molar-refractivity contribution in [3.8, 4) is 0 Å². The minimum atomic E-state index is -0.648. The molecule has 0 aromatic heterocycles. The molecule has 2 N–H and O–H groups in total. The number of carbonyl (C=O) groups is 2. The smallest absolute Gasteiger partial charge is 0.337 e. The number of nitrogens with one attached hydrogen (secondary N) is 2. The van der Waals surface area contributed by atoms with Gasteiger partial charge in [-0.15, -0.1) is 12.4 Å². The van der Waals surface area contributed by atoms with E-state index in [0.29, 0.717) is 6.54 Å². The second-order valence-electron chi connectivity index (χ2n) is 4.72. The normalized spacial score (nSPS) is 17.5. The summed E-state index contributed by atoms with van der Waals surface area (Å²) in [4.78, 5) is 23.2. The SMILES string of the molecule is COC(=O)c1ccc(NC(=O)C2CCCNC2)c(F)c1.Cl. The molecule has 7 heteroatoms. The maximum absolute atomic E-state index is 13.8. The van der Waals surface area contributed by atoms with Crippen LogP contribution in [0, 0.1) is 11.7 Å². The molecular formula is C14H18ClFN2O3. The van der Waals surface area contributed by atoms with Gasteiger partial charge in [-0.3, -0.25) is 4.79 Å². The number of benzene rings is 1. The van der Waals surface area contributed by atoms with Crippen LogP contribution in [0.15, 0.2) is 18.2 Å². The molecule has 1 heterocycles. The number of carbonyl (C=O) groups excluding carboxylic acids is 2. The van der Waals surface area contributed by atoms with Crippen molar-refractivity contribution in [3.63, 3.8) is 0 Å². The Labute approximate surface area is 128 Å². The van der Waals surface area contributed by atoms with Crippen molar-refractivity contribution in [1.82, 2.24) is 5.32 Å². The molecule has 0 aliphatic carbocycles. The van der Waals surface area contributed by atoms with Gasteiger partial charge in [0.15, 0.2) is 0 Å². The molecule has 1 aliphatic rings. The molecule has 1 amide bonds. The first-order valence-corrected chi connectivity index (χ1v) is 6.51. The van der Waals surface area contributed by atoms with Crippen LogP contribution >= 0.6 is 12.4 Å². The van der Waals surface area contributed by atoms with Crippen molar-refractivity contribution in [3.05, 3.63) is 29.6 Å². The van der Waals surface area contributed by atoms with E-state index in [1.807, 2.05) is 0 Å². The topological polar surface area (TPSA) is 67.4 Å². The minimum absolute atomic E-state index is 0. The first-order chi connectivity index (χ1) is 9.61. The molecular weight excluding hydrogens is 299 g/mol. The lowest BCUT2D eigenvalue weighted by Gasteiger charge is -2.22. The molecule has 0 saturated carbocycles. The number of halogens is 2. The molecule has 21 heavy (non-hydrogen) atoms. The predicted octanol–water partition coefficient (Wildman–Crippen LogP) is 1.97. The number of amides is 1. The Hall–Kier alpha value is -1.66. The molecule has 1 unspecified atom stereocenters. The van der Waals surface area contributed by atoms with Crippen LogP contribution in [0.4, 0.5) is 10.1 Å². The van der Waals surface area contributed by atoms with Crippen molar-refractivity contribution in [2.45, 2.75) is 12.8 Å². The Morgan fingerprint density at radius 3 is 2.76 bits per heavy atom. The van der Waals surface area contributed by atoms with E-state index in [9.17, 15) is 14.0 Å². The van der Waals surface area contributed by atoms with Gasteiger partial charge in [-0.25, -0.2) is 9.18 Å². The molecule has 1 aromatic rings. The number of piperidine rings is 1. The monoisotopic (exact) mass is 316 g/mol. The van der Waals surface area contributed by atoms with Crippen LogP contribution < -0.4 is 10.6 Å². The van der Waals surface area contributed by atoms with E-state index in [2.05, 4.69) is 15.4 Å². The van der Waals surface area contributed by atoms with E-state index in [1.54, 1.807) is 0 Å². The molecule has 1 fully saturated rings. The van der Waals surface area contributed by atoms with Gasteiger partial charge in [0.2, 0.25) is 5.91 Å². The van der Waals surface area contributed by atoms with Crippen LogP contribution in [0.25, 0.3) is 0 Å². The van der Waals surface area contributed by atoms with Gasteiger partial charge in [-0.2, -0.15) is 0 Å². The molecule has 0 spiro atoms. The predicted molar refractivity (Wildman–Crippen MR) is 79.2 cm³/mol. The van der Waals surface area contributed by atoms with E-state index in [4.69, 9.17) is 0 Å². The largest absolute Gasteiger partial charge is 0.465 e. The zero-order valence-electron chi connectivity index (χ0n) is 11.6. The number of anilines is 1. The van der Waals surface area contributed by atoms with E-state index in [0.717, 1.165) is 25.5 Å². The lowest BCUT2D eigenvalue weighted by atomic mass is 9.99. The van der Waals surface area contributed by atoms with Gasteiger partial charge in [0.1, 0.15) is 5.82 Å². The highest BCUT2D eigenvalue weighted by molar-refractivity contribution is 5.94. The molecule has 0 radical (unpaired) electrons. The summed E-state index contributed by atoms with van der Waals surface area (Å²) in [5.41, 5.74) is 0.190. The lowest BCUT2D eigenvalue weighted by Crippen LogP contribution is -2.37. The second kappa shape index (κ2) is 7.95. The second-order valence-corrected chi connectivity index (χ2v) is 4.72. The first kappa shape index (κ1) is 17.4. The highest BCUT2D eigenvalue weighted by Gasteiger charge is 2.22. The number of hydrogen-bond donors (Lipinski definition) is 2. The minimum Gasteiger partial charge on any atom is -0.465 e. The molecule has 1 aromatic carbocycles. The maximum atomic E-state index is 13.8. The summed E-state index contributed by atoms with van der Waals surface area (Å²) in [6, 6.07) is 3.85. The van der Waals surface area contributed by atoms with Crippen LogP contribution in [-0.4, -0.2) is 32.1 Å². The quantitative estimate of drug-likeness (QED) is 0.837. The first-order valence-electron chi connectivity index (χ1n) is 6.51. The van der Waals surface area contributed by atoms with Crippen LogP contribution in [0.5, 0.6) is 0 Å². The summed E-state index contributed by atoms with van der Waals surface area (Å²) in [5.74, 6) is -1.62. The van der Waals surface area contributed by atoms with E-state index < -0.39 is 11.8 Å². The molecule has 1 aliphatic heterocycles. The average Bonchev–Trinajstić information content (AvgIpc) is 2.49. The highest BCUT2D eigenvalue weighted by atomic mass is 35.5. The Morgan fingerprint density at radius 1 is 1.43 bits per heavy atom. The fourth-order valence-corrected chi connectivity index (χ4v) is 2.17. The van der Waals surface area contributed by atoms with Crippen molar-refractivity contribution < 1.29 is 18.7 Å². The Morgan fingerprint density at radius 2 is 2.19 bits per heavy atom. The molecule has 2 rings (SSSR count). The molecule has 116 valence electrons. The standard InChI is InChI=1S/C14H17FN2O3.ClH/c1-20-14(19)9-4-5-12(11(15)7-9)17-13(18)10-3-2-6-16-8-10;/h4-5,7,10,16H,2-3,6,8H2,1H3,(H,17,18);1H. The number of methoxy groups -OCH3 is 1. The van der Waals surface area contributed by atoms with Crippen molar-refractivity contribution in [1.29, 1.82) is 0 Å². The Bertz CT molecular complexity index is 519. The van der Waals surface area contributed by atoms with Crippen molar-refractivity contribution in [2.24, 2.45) is 5.92 Å². The Balaban J connectivity index is 0.00000220. The van der Waals surface area contributed by atoms with Crippen LogP contribution in [-0.2, 0) is 9.53 Å². The Kier molecular flexibility index (Phi) is 6.58. The molecule has 0 bridgehead atoms. The summed E-state index contributed by atoms with van der Waals surface area (Å²) in [5, 5.41) is 5.69. The van der Waals surface area contributed by atoms with Gasteiger partial charge < -0.3 is 15.4 Å². The molecule has 1 saturated heterocycles. The fraction of sp³-hybridized carbons (Fsp3) is 0.429. The van der Waals surface area contributed by atoms with Gasteiger partial charge in [0, 0.05) is 6.54 Å². The maximum Gasteiger partial charge on any atom is 0.337 e. The van der Waals surface area contributed by atoms with Gasteiger partial charge >= 0.3 is 5.97 Å². The van der Waals surface area contributed by atoms with Crippen LogP contribution in [0.2, 0.25) is 0 Å². The summed E-state index contributed by atoms with van der Waals surface area (Å²) < 4.78 is 18.3. The number of hydrogen-bond acceptors (Lipinski definition) is 4. The summed E-state index contributed by atoms with van der Waals surface area (Å²) in [6.07, 6.45) is 1.72. The third-order valence-corrected chi connectivity index (χ3v) is 3.32. The van der Waals surface area contributed by atoms with Crippen LogP contribution in [0.3, 0.4) is 0 Å². The average molecular weight is 317 g/mol. The highest BCUT2D eigenvalue weighted by Crippen LogP contribution is 2.19. The number of esters is 1. The molecule has 5 nitrogen and oxygen atoms in total. The molecule has 1 atom stereocenters. The third-order valence-electron chi connectivity index (χ3n) is 3.32. The van der Waals surface area contributed by atoms with Gasteiger partial charge in [0.25, 0.3) is 0 Å². The summed E-state index contributed by atoms with van der Waals surface area (Å²) >= 11 is 0.